The Kier molecular flexibility index (Phi) is 2.77. The molecule has 84 valence electrons. The first kappa shape index (κ1) is 11.6. The van der Waals surface area contributed by atoms with Crippen molar-refractivity contribution in [2.45, 2.75) is 11.3 Å². The van der Waals surface area contributed by atoms with Crippen LogP contribution in [-0.4, -0.2) is 18.5 Å². The Balaban J connectivity index is 3.58. The number of nitrogens with two attached hydrogens (primary N) is 1. The molecule has 0 aliphatic carbocycles. The number of hydrogen-bond acceptors (Lipinski definition) is 4. The van der Waals surface area contributed by atoms with E-state index in [2.05, 4.69) is 5.14 Å². The highest BCUT2D eigenvalue weighted by atomic mass is 32.2. The van der Waals surface area contributed by atoms with Crippen molar-refractivity contribution in [1.82, 2.24) is 4.98 Å². The highest BCUT2D eigenvalue weighted by Crippen LogP contribution is 2.26. The fourth-order valence-electron chi connectivity index (χ4n) is 0.894. The summed E-state index contributed by atoms with van der Waals surface area (Å²) in [5.41, 5.74) is -2.25. The maximum absolute atomic E-state index is 12.2. The molecule has 0 aliphatic rings. The number of sulfonamides is 1. The fourth-order valence-corrected chi connectivity index (χ4v) is 1.49. The summed E-state index contributed by atoms with van der Waals surface area (Å²) in [5.74, 6) is -1.08. The Morgan fingerprint density at radius 3 is 2.40 bits per heavy atom. The summed E-state index contributed by atoms with van der Waals surface area (Å²) in [4.78, 5) is 11.5. The van der Waals surface area contributed by atoms with E-state index >= 15 is 0 Å². The van der Waals surface area contributed by atoms with Gasteiger partial charge in [0.1, 0.15) is 4.90 Å². The summed E-state index contributed by atoms with van der Waals surface area (Å²) in [7, 11) is -4.39. The number of aromatic hydroxyl groups is 1. The molecule has 0 amide bonds. The van der Waals surface area contributed by atoms with Gasteiger partial charge in [-0.2, -0.15) is 0 Å². The number of primary sulfonamides is 1. The van der Waals surface area contributed by atoms with Gasteiger partial charge >= 0.3 is 0 Å². The number of aromatic nitrogens is 1. The minimum atomic E-state index is -4.39. The van der Waals surface area contributed by atoms with Gasteiger partial charge < -0.3 is 5.11 Å². The summed E-state index contributed by atoms with van der Waals surface area (Å²) < 4.78 is 46.0. The van der Waals surface area contributed by atoms with Gasteiger partial charge in [-0.1, -0.05) is 0 Å². The SMILES string of the molecule is NS(=O)(=O)c1cc(C(F)F)c(O)[nH]c1=O. The molecule has 0 saturated heterocycles. The molecule has 1 rings (SSSR count). The number of aromatic amines is 1. The van der Waals surface area contributed by atoms with Crippen LogP contribution in [0, 0.1) is 0 Å². The van der Waals surface area contributed by atoms with Gasteiger partial charge in [0.2, 0.25) is 10.0 Å². The summed E-state index contributed by atoms with van der Waals surface area (Å²) in [5, 5.41) is 13.5. The zero-order valence-electron chi connectivity index (χ0n) is 7.07. The smallest absolute Gasteiger partial charge is 0.270 e. The summed E-state index contributed by atoms with van der Waals surface area (Å²) in [6, 6.07) is 0.341. The van der Waals surface area contributed by atoms with Crippen LogP contribution in [0.15, 0.2) is 15.8 Å². The van der Waals surface area contributed by atoms with E-state index in [1.807, 2.05) is 0 Å². The van der Waals surface area contributed by atoms with Gasteiger partial charge in [-0.15, -0.1) is 0 Å². The molecule has 0 unspecified atom stereocenters. The number of pyridine rings is 1. The number of H-pyrrole nitrogens is 1. The molecule has 1 heterocycles. The average molecular weight is 240 g/mol. The number of hydrogen-bond donors (Lipinski definition) is 3. The van der Waals surface area contributed by atoms with E-state index in [0.717, 1.165) is 0 Å². The third-order valence-corrected chi connectivity index (χ3v) is 2.47. The monoisotopic (exact) mass is 240 g/mol. The van der Waals surface area contributed by atoms with Gasteiger partial charge in [0, 0.05) is 0 Å². The Bertz CT molecular complexity index is 537. The highest BCUT2D eigenvalue weighted by molar-refractivity contribution is 7.89. The van der Waals surface area contributed by atoms with Crippen molar-refractivity contribution in [2.75, 3.05) is 0 Å². The van der Waals surface area contributed by atoms with Crippen LogP contribution in [0.5, 0.6) is 5.88 Å². The Labute approximate surface area is 82.4 Å². The first-order valence-electron chi connectivity index (χ1n) is 3.50. The second kappa shape index (κ2) is 3.59. The third kappa shape index (κ3) is 2.30. The van der Waals surface area contributed by atoms with E-state index < -0.39 is 38.3 Å². The van der Waals surface area contributed by atoms with Gasteiger partial charge in [0.15, 0.2) is 5.88 Å². The maximum Gasteiger partial charge on any atom is 0.270 e. The molecule has 0 fully saturated rings. The predicted octanol–water partition coefficient (Wildman–Crippen LogP) is -0.334. The van der Waals surface area contributed by atoms with E-state index in [9.17, 15) is 22.0 Å². The quantitative estimate of drug-likeness (QED) is 0.656. The van der Waals surface area contributed by atoms with Crippen LogP contribution in [-0.2, 0) is 10.0 Å². The second-order valence-corrected chi connectivity index (χ2v) is 4.14. The van der Waals surface area contributed by atoms with Crippen molar-refractivity contribution in [3.63, 3.8) is 0 Å². The van der Waals surface area contributed by atoms with Crippen molar-refractivity contribution < 1.29 is 22.3 Å². The van der Waals surface area contributed by atoms with Crippen LogP contribution in [0.2, 0.25) is 0 Å². The lowest BCUT2D eigenvalue weighted by Gasteiger charge is -2.04. The summed E-state index contributed by atoms with van der Waals surface area (Å²) in [6.07, 6.45) is -3.12. The molecule has 4 N–H and O–H groups in total. The lowest BCUT2D eigenvalue weighted by molar-refractivity contribution is 0.146. The maximum atomic E-state index is 12.2. The standard InChI is InChI=1S/C6H6F2N2O4S/c7-4(8)2-1-3(15(9,13)14)6(12)10-5(2)11/h1,4H,(H2,9,13,14)(H2,10,11,12). The molecule has 0 radical (unpaired) electrons. The predicted molar refractivity (Wildman–Crippen MR) is 45.1 cm³/mol. The van der Waals surface area contributed by atoms with E-state index in [-0.39, 0.29) is 0 Å². The molecular formula is C6H6F2N2O4S. The molecule has 1 aromatic heterocycles. The van der Waals surface area contributed by atoms with Crippen LogP contribution in [0.25, 0.3) is 0 Å². The lowest BCUT2D eigenvalue weighted by atomic mass is 10.3. The minimum Gasteiger partial charge on any atom is -0.494 e. The fraction of sp³-hybridized carbons (Fsp3) is 0.167. The van der Waals surface area contributed by atoms with E-state index in [1.165, 1.54) is 0 Å². The molecule has 1 aromatic rings. The minimum absolute atomic E-state index is 0.341. The lowest BCUT2D eigenvalue weighted by Crippen LogP contribution is -2.23. The van der Waals surface area contributed by atoms with Crippen molar-refractivity contribution in [2.24, 2.45) is 5.14 Å². The van der Waals surface area contributed by atoms with Gasteiger partial charge in [-0.05, 0) is 6.07 Å². The number of nitrogens with one attached hydrogen (secondary N) is 1. The molecule has 15 heavy (non-hydrogen) atoms. The van der Waals surface area contributed by atoms with Gasteiger partial charge in [-0.25, -0.2) is 22.3 Å². The normalized spacial score (nSPS) is 12.0. The molecule has 0 aromatic carbocycles. The van der Waals surface area contributed by atoms with Gasteiger partial charge in [0.05, 0.1) is 5.56 Å². The zero-order valence-corrected chi connectivity index (χ0v) is 7.88. The largest absolute Gasteiger partial charge is 0.494 e. The van der Waals surface area contributed by atoms with Crippen LogP contribution >= 0.6 is 0 Å². The van der Waals surface area contributed by atoms with Crippen LogP contribution < -0.4 is 10.7 Å². The Hall–Kier alpha value is -1.48. The molecule has 0 saturated carbocycles. The average Bonchev–Trinajstić information content (AvgIpc) is 2.00. The molecular weight excluding hydrogens is 234 g/mol. The zero-order chi connectivity index (χ0) is 11.8. The highest BCUT2D eigenvalue weighted by Gasteiger charge is 2.21. The van der Waals surface area contributed by atoms with Gasteiger partial charge in [-0.3, -0.25) is 9.78 Å². The Morgan fingerprint density at radius 2 is 2.00 bits per heavy atom. The van der Waals surface area contributed by atoms with Crippen molar-refractivity contribution in [3.8, 4) is 5.88 Å². The third-order valence-electron chi connectivity index (χ3n) is 1.56. The molecule has 9 heteroatoms. The number of rotatable bonds is 2. The number of alkyl halides is 2. The topological polar surface area (TPSA) is 113 Å². The van der Waals surface area contributed by atoms with Crippen LogP contribution in [0.1, 0.15) is 12.0 Å². The number of halogens is 2. The van der Waals surface area contributed by atoms with Crippen LogP contribution in [0.3, 0.4) is 0 Å². The van der Waals surface area contributed by atoms with E-state index in [0.29, 0.717) is 6.07 Å². The molecule has 6 nitrogen and oxygen atoms in total. The first-order valence-corrected chi connectivity index (χ1v) is 5.05. The first-order chi connectivity index (χ1) is 6.73. The van der Waals surface area contributed by atoms with Crippen molar-refractivity contribution in [3.05, 3.63) is 22.0 Å². The van der Waals surface area contributed by atoms with Crippen LogP contribution in [0.4, 0.5) is 8.78 Å². The molecule has 0 bridgehead atoms. The molecule has 0 aliphatic heterocycles. The van der Waals surface area contributed by atoms with Crippen molar-refractivity contribution >= 4 is 10.0 Å². The van der Waals surface area contributed by atoms with E-state index in [4.69, 9.17) is 5.11 Å². The molecule has 0 spiro atoms. The molecule has 0 atom stereocenters. The summed E-state index contributed by atoms with van der Waals surface area (Å²) in [6.45, 7) is 0. The van der Waals surface area contributed by atoms with Crippen molar-refractivity contribution in [1.29, 1.82) is 0 Å². The van der Waals surface area contributed by atoms with E-state index in [1.54, 1.807) is 4.98 Å². The Morgan fingerprint density at radius 1 is 1.47 bits per heavy atom. The second-order valence-electron chi connectivity index (χ2n) is 2.61. The van der Waals surface area contributed by atoms with Gasteiger partial charge in [0.25, 0.3) is 12.0 Å². The summed E-state index contributed by atoms with van der Waals surface area (Å²) >= 11 is 0.